The van der Waals surface area contributed by atoms with Crippen molar-refractivity contribution in [1.29, 1.82) is 0 Å². The molecule has 0 saturated carbocycles. The van der Waals surface area contributed by atoms with Gasteiger partial charge in [-0.25, -0.2) is 13.6 Å². The number of aryl methyl sites for hydroxylation is 2. The second kappa shape index (κ2) is 5.20. The molecular weight excluding hydrogens is 246 g/mol. The van der Waals surface area contributed by atoms with E-state index in [1.54, 1.807) is 30.3 Å². The van der Waals surface area contributed by atoms with Gasteiger partial charge in [-0.2, -0.15) is 16.9 Å². The molecule has 0 aliphatic carbocycles. The average Bonchev–Trinajstić information content (AvgIpc) is 2.41. The lowest BCUT2D eigenvalue weighted by Crippen LogP contribution is -2.14. The highest BCUT2D eigenvalue weighted by molar-refractivity contribution is 7.98. The highest BCUT2D eigenvalue weighted by Crippen LogP contribution is 2.18. The third-order valence-corrected chi connectivity index (χ3v) is 4.17. The number of sulfonamides is 1. The SMILES string of the molecule is CSCCCn1nc(C)c(S(N)(=O)=O)c1C. The molecule has 2 N–H and O–H groups in total. The Kier molecular flexibility index (Phi) is 4.40. The molecule has 0 bridgehead atoms. The van der Waals surface area contributed by atoms with Gasteiger partial charge in [0.1, 0.15) is 4.90 Å². The number of nitrogens with two attached hydrogens (primary N) is 1. The highest BCUT2D eigenvalue weighted by Gasteiger charge is 2.20. The summed E-state index contributed by atoms with van der Waals surface area (Å²) in [5, 5.41) is 9.34. The Morgan fingerprint density at radius 2 is 2.06 bits per heavy atom. The van der Waals surface area contributed by atoms with E-state index in [-0.39, 0.29) is 4.90 Å². The molecule has 0 saturated heterocycles. The van der Waals surface area contributed by atoms with Crippen LogP contribution in [0.15, 0.2) is 4.90 Å². The van der Waals surface area contributed by atoms with Gasteiger partial charge in [0.25, 0.3) is 0 Å². The molecule has 1 heterocycles. The lowest BCUT2D eigenvalue weighted by Gasteiger charge is -2.03. The summed E-state index contributed by atoms with van der Waals surface area (Å²) >= 11 is 1.76. The van der Waals surface area contributed by atoms with Gasteiger partial charge in [-0.1, -0.05) is 0 Å². The van der Waals surface area contributed by atoms with Crippen molar-refractivity contribution in [2.45, 2.75) is 31.7 Å². The Morgan fingerprint density at radius 1 is 1.44 bits per heavy atom. The first kappa shape index (κ1) is 13.5. The van der Waals surface area contributed by atoms with Crippen LogP contribution in [0.5, 0.6) is 0 Å². The number of thioether (sulfide) groups is 1. The van der Waals surface area contributed by atoms with Crippen LogP contribution in [0.4, 0.5) is 0 Å². The molecule has 7 heteroatoms. The maximum Gasteiger partial charge on any atom is 0.241 e. The second-order valence-corrected chi connectivity index (χ2v) is 6.10. The summed E-state index contributed by atoms with van der Waals surface area (Å²) in [5.74, 6) is 1.03. The van der Waals surface area contributed by atoms with E-state index in [0.717, 1.165) is 18.7 Å². The fourth-order valence-electron chi connectivity index (χ4n) is 1.67. The first-order chi connectivity index (χ1) is 7.38. The molecule has 16 heavy (non-hydrogen) atoms. The minimum absolute atomic E-state index is 0.164. The zero-order chi connectivity index (χ0) is 12.3. The van der Waals surface area contributed by atoms with Crippen molar-refractivity contribution in [3.05, 3.63) is 11.4 Å². The van der Waals surface area contributed by atoms with Crippen LogP contribution in [-0.4, -0.2) is 30.2 Å². The molecule has 92 valence electrons. The van der Waals surface area contributed by atoms with E-state index in [1.165, 1.54) is 0 Å². The van der Waals surface area contributed by atoms with Crippen molar-refractivity contribution in [2.24, 2.45) is 5.14 Å². The van der Waals surface area contributed by atoms with Crippen molar-refractivity contribution in [3.8, 4) is 0 Å². The molecule has 0 amide bonds. The third kappa shape index (κ3) is 2.99. The summed E-state index contributed by atoms with van der Waals surface area (Å²) in [6.07, 6.45) is 3.00. The first-order valence-electron chi connectivity index (χ1n) is 4.93. The van der Waals surface area contributed by atoms with E-state index in [0.29, 0.717) is 11.4 Å². The number of rotatable bonds is 5. The molecule has 0 aliphatic heterocycles. The van der Waals surface area contributed by atoms with Crippen LogP contribution >= 0.6 is 11.8 Å². The van der Waals surface area contributed by atoms with Crippen molar-refractivity contribution in [2.75, 3.05) is 12.0 Å². The quantitative estimate of drug-likeness (QED) is 0.801. The molecule has 0 spiro atoms. The van der Waals surface area contributed by atoms with E-state index < -0.39 is 10.0 Å². The molecule has 0 fully saturated rings. The zero-order valence-corrected chi connectivity index (χ0v) is 11.4. The molecule has 0 radical (unpaired) electrons. The smallest absolute Gasteiger partial charge is 0.241 e. The molecular formula is C9H17N3O2S2. The molecule has 0 atom stereocenters. The summed E-state index contributed by atoms with van der Waals surface area (Å²) in [4.78, 5) is 0.164. The van der Waals surface area contributed by atoms with Crippen LogP contribution in [-0.2, 0) is 16.6 Å². The van der Waals surface area contributed by atoms with Crippen LogP contribution in [0.25, 0.3) is 0 Å². The minimum Gasteiger partial charge on any atom is -0.268 e. The molecule has 0 unspecified atom stereocenters. The number of nitrogens with zero attached hydrogens (tertiary/aromatic N) is 2. The summed E-state index contributed by atoms with van der Waals surface area (Å²) in [5.41, 5.74) is 1.10. The van der Waals surface area contributed by atoms with Crippen molar-refractivity contribution < 1.29 is 8.42 Å². The predicted octanol–water partition coefficient (Wildman–Crippen LogP) is 0.900. The Hall–Kier alpha value is -0.530. The van der Waals surface area contributed by atoms with E-state index in [9.17, 15) is 8.42 Å². The van der Waals surface area contributed by atoms with Crippen LogP contribution in [0.3, 0.4) is 0 Å². The number of hydrogen-bond acceptors (Lipinski definition) is 4. The molecule has 1 rings (SSSR count). The zero-order valence-electron chi connectivity index (χ0n) is 9.73. The molecule has 1 aromatic heterocycles. The predicted molar refractivity (Wildman–Crippen MR) is 66.1 cm³/mol. The molecule has 0 aromatic carbocycles. The summed E-state index contributed by atoms with van der Waals surface area (Å²) < 4.78 is 24.4. The van der Waals surface area contributed by atoms with Gasteiger partial charge in [0.05, 0.1) is 11.4 Å². The Bertz CT molecular complexity index is 465. The second-order valence-electron chi connectivity index (χ2n) is 3.61. The standard InChI is InChI=1S/C9H17N3O2S2/c1-7-9(16(10,13)14)8(2)12(11-7)5-4-6-15-3/h4-6H2,1-3H3,(H2,10,13,14). The normalized spacial score (nSPS) is 12.0. The molecule has 1 aromatic rings. The fraction of sp³-hybridized carbons (Fsp3) is 0.667. The van der Waals surface area contributed by atoms with Crippen LogP contribution in [0, 0.1) is 13.8 Å². The Morgan fingerprint density at radius 3 is 2.50 bits per heavy atom. The van der Waals surface area contributed by atoms with Gasteiger partial charge in [0.15, 0.2) is 0 Å². The number of aromatic nitrogens is 2. The molecule has 0 aliphatic rings. The lowest BCUT2D eigenvalue weighted by molar-refractivity contribution is 0.581. The third-order valence-electron chi connectivity index (χ3n) is 2.32. The summed E-state index contributed by atoms with van der Waals surface area (Å²) in [6, 6.07) is 0. The van der Waals surface area contributed by atoms with Crippen molar-refractivity contribution in [3.63, 3.8) is 0 Å². The van der Waals surface area contributed by atoms with Gasteiger partial charge < -0.3 is 0 Å². The Labute approximate surface area is 100 Å². The summed E-state index contributed by atoms with van der Waals surface area (Å²) in [6.45, 7) is 4.12. The van der Waals surface area contributed by atoms with E-state index in [1.807, 2.05) is 6.26 Å². The van der Waals surface area contributed by atoms with E-state index in [2.05, 4.69) is 5.10 Å². The highest BCUT2D eigenvalue weighted by atomic mass is 32.2. The van der Waals surface area contributed by atoms with Crippen molar-refractivity contribution in [1.82, 2.24) is 9.78 Å². The monoisotopic (exact) mass is 263 g/mol. The van der Waals surface area contributed by atoms with E-state index >= 15 is 0 Å². The van der Waals surface area contributed by atoms with Crippen molar-refractivity contribution >= 4 is 21.8 Å². The maximum atomic E-state index is 11.3. The number of hydrogen-bond donors (Lipinski definition) is 1. The first-order valence-corrected chi connectivity index (χ1v) is 7.87. The van der Waals surface area contributed by atoms with Crippen LogP contribution in [0.2, 0.25) is 0 Å². The minimum atomic E-state index is -3.66. The number of primary sulfonamides is 1. The fourth-order valence-corrected chi connectivity index (χ4v) is 3.06. The van der Waals surface area contributed by atoms with E-state index in [4.69, 9.17) is 5.14 Å². The van der Waals surface area contributed by atoms with Gasteiger partial charge in [-0.05, 0) is 32.3 Å². The lowest BCUT2D eigenvalue weighted by atomic mass is 10.4. The van der Waals surface area contributed by atoms with Gasteiger partial charge in [-0.3, -0.25) is 4.68 Å². The van der Waals surface area contributed by atoms with Gasteiger partial charge in [-0.15, -0.1) is 0 Å². The average molecular weight is 263 g/mol. The maximum absolute atomic E-state index is 11.3. The van der Waals surface area contributed by atoms with Crippen LogP contribution < -0.4 is 5.14 Å². The van der Waals surface area contributed by atoms with Gasteiger partial charge >= 0.3 is 0 Å². The van der Waals surface area contributed by atoms with Gasteiger partial charge in [0, 0.05) is 6.54 Å². The summed E-state index contributed by atoms with van der Waals surface area (Å²) in [7, 11) is -3.66. The van der Waals surface area contributed by atoms with Crippen LogP contribution in [0.1, 0.15) is 17.8 Å². The van der Waals surface area contributed by atoms with Gasteiger partial charge in [0.2, 0.25) is 10.0 Å². The topological polar surface area (TPSA) is 78.0 Å². The largest absolute Gasteiger partial charge is 0.268 e. The molecule has 5 nitrogen and oxygen atoms in total. The Balaban J connectivity index is 2.99.